The van der Waals surface area contributed by atoms with Crippen molar-refractivity contribution in [2.75, 3.05) is 21.3 Å². The summed E-state index contributed by atoms with van der Waals surface area (Å²) in [5, 5.41) is 11.7. The van der Waals surface area contributed by atoms with E-state index in [1.54, 1.807) is 24.3 Å². The maximum absolute atomic E-state index is 13.4. The Labute approximate surface area is 192 Å². The molecule has 3 aromatic carbocycles. The molecule has 0 amide bonds. The lowest BCUT2D eigenvalue weighted by molar-refractivity contribution is -0.386. The molecule has 33 heavy (non-hydrogen) atoms. The summed E-state index contributed by atoms with van der Waals surface area (Å²) in [4.78, 5) is 11.1. The van der Waals surface area contributed by atoms with E-state index in [0.717, 1.165) is 11.1 Å². The van der Waals surface area contributed by atoms with Crippen LogP contribution in [0, 0.1) is 21.7 Å². The van der Waals surface area contributed by atoms with Crippen molar-refractivity contribution < 1.29 is 32.3 Å². The Morgan fingerprint density at radius 1 is 0.879 bits per heavy atom. The zero-order chi connectivity index (χ0) is 24.0. The van der Waals surface area contributed by atoms with Crippen molar-refractivity contribution in [1.82, 2.24) is 0 Å². The minimum absolute atomic E-state index is 0.133. The summed E-state index contributed by atoms with van der Waals surface area (Å²) in [6.07, 6.45) is 0. The highest BCUT2D eigenvalue weighted by atomic mass is 28.2. The minimum Gasteiger partial charge on any atom is -0.492 e. The van der Waals surface area contributed by atoms with Gasteiger partial charge >= 0.3 is 0 Å². The molecule has 10 heteroatoms. The molecule has 0 saturated carbocycles. The summed E-state index contributed by atoms with van der Waals surface area (Å²) in [7, 11) is 3.92. The third-order valence-corrected chi connectivity index (χ3v) is 6.14. The molecule has 0 bridgehead atoms. The van der Waals surface area contributed by atoms with E-state index in [0.29, 0.717) is 0 Å². The van der Waals surface area contributed by atoms with Crippen molar-refractivity contribution in [1.29, 1.82) is 0 Å². The molecule has 0 heterocycles. The summed E-state index contributed by atoms with van der Waals surface area (Å²) in [6.45, 7) is -0.156. The first kappa shape index (κ1) is 24.1. The molecule has 0 fully saturated rings. The van der Waals surface area contributed by atoms with Crippen molar-refractivity contribution in [3.05, 3.63) is 93.0 Å². The fourth-order valence-corrected chi connectivity index (χ4v) is 4.39. The molecule has 0 unspecified atom stereocenters. The van der Waals surface area contributed by atoms with Gasteiger partial charge in [-0.2, -0.15) is 0 Å². The first-order chi connectivity index (χ1) is 15.9. The third-order valence-electron chi connectivity index (χ3n) is 4.93. The Morgan fingerprint density at radius 3 is 1.82 bits per heavy atom. The summed E-state index contributed by atoms with van der Waals surface area (Å²) in [5.74, 6) is -0.268. The molecular weight excluding hydrogens is 452 g/mol. The number of nitro groups is 1. The predicted molar refractivity (Wildman–Crippen MR) is 118 cm³/mol. The van der Waals surface area contributed by atoms with E-state index in [9.17, 15) is 18.9 Å². The van der Waals surface area contributed by atoms with E-state index in [1.165, 1.54) is 51.7 Å². The zero-order valence-corrected chi connectivity index (χ0v) is 19.1. The molecule has 3 rings (SSSR count). The van der Waals surface area contributed by atoms with Gasteiger partial charge in [-0.3, -0.25) is 10.1 Å². The van der Waals surface area contributed by atoms with E-state index in [2.05, 4.69) is 0 Å². The average Bonchev–Trinajstić information content (AvgIpc) is 2.82. The van der Waals surface area contributed by atoms with E-state index in [-0.39, 0.29) is 62.0 Å². The highest BCUT2D eigenvalue weighted by molar-refractivity contribution is 6.31. The van der Waals surface area contributed by atoms with Gasteiger partial charge in [0.15, 0.2) is 11.5 Å². The maximum Gasteiger partial charge on any atom is 0.282 e. The Kier molecular flexibility index (Phi) is 7.96. The fraction of sp³-hybridized carbons (Fsp3) is 0.217. The van der Waals surface area contributed by atoms with Crippen molar-refractivity contribution in [3.8, 4) is 17.2 Å². The lowest BCUT2D eigenvalue weighted by Crippen LogP contribution is -2.15. The van der Waals surface area contributed by atoms with Crippen LogP contribution >= 0.6 is 0 Å². The van der Waals surface area contributed by atoms with Crippen LogP contribution in [0.3, 0.4) is 0 Å². The molecule has 0 aliphatic heterocycles. The molecule has 0 atom stereocenters. The molecule has 0 saturated heterocycles. The summed E-state index contributed by atoms with van der Waals surface area (Å²) in [6, 6.07) is 13.1. The van der Waals surface area contributed by atoms with Gasteiger partial charge in [-0.15, -0.1) is 0 Å². The van der Waals surface area contributed by atoms with E-state index in [1.807, 2.05) is 0 Å². The van der Waals surface area contributed by atoms with Crippen molar-refractivity contribution in [2.45, 2.75) is 12.1 Å². The Balaban J connectivity index is 1.93. The largest absolute Gasteiger partial charge is 0.492 e. The predicted octanol–water partition coefficient (Wildman–Crippen LogP) is 4.82. The van der Waals surface area contributed by atoms with Crippen LogP contribution in [0.15, 0.2) is 54.6 Å². The van der Waals surface area contributed by atoms with E-state index < -0.39 is 4.92 Å². The topological polar surface area (TPSA) is 80.1 Å². The monoisotopic (exact) mass is 473 g/mol. The van der Waals surface area contributed by atoms with Gasteiger partial charge in [0.1, 0.15) is 17.2 Å². The molecule has 172 valence electrons. The van der Waals surface area contributed by atoms with Crippen LogP contribution in [0.4, 0.5) is 14.5 Å². The summed E-state index contributed by atoms with van der Waals surface area (Å²) < 4.78 is 48.7. The van der Waals surface area contributed by atoms with Crippen molar-refractivity contribution in [3.63, 3.8) is 0 Å². The lowest BCUT2D eigenvalue weighted by atomic mass is 10.0. The number of methoxy groups -OCH3 is 3. The van der Waals surface area contributed by atoms with Crippen molar-refractivity contribution in [2.24, 2.45) is 0 Å². The second kappa shape index (κ2) is 10.9. The number of nitro benzene ring substituents is 1. The Morgan fingerprint density at radius 2 is 1.39 bits per heavy atom. The minimum atomic E-state index is -0.552. The molecule has 0 aliphatic carbocycles. The highest BCUT2D eigenvalue weighted by Crippen LogP contribution is 2.45. The van der Waals surface area contributed by atoms with Crippen LogP contribution in [0.2, 0.25) is 0 Å². The van der Waals surface area contributed by atoms with Gasteiger partial charge < -0.3 is 18.6 Å². The van der Waals surface area contributed by atoms with Gasteiger partial charge in [-0.05, 0) is 35.4 Å². The number of ether oxygens (including phenoxy) is 3. The second-order valence-electron chi connectivity index (χ2n) is 6.84. The standard InChI is InChI=1S/C23H21F2NO6Si/c1-29-20-12-19(26(27)28)18(21(30-2)22(20)31-3)13-32-33-23(14-4-8-16(24)9-5-14)15-6-10-17(25)11-7-15/h4-12,23H,13H2,1-3H3. The van der Waals surface area contributed by atoms with Crippen LogP contribution in [-0.2, 0) is 11.0 Å². The number of rotatable bonds is 10. The number of benzene rings is 3. The SMILES string of the molecule is COc1cc([N+](=O)[O-])c(CO[Si]C(c2ccc(F)cc2)c2ccc(F)cc2)c(OC)c1OC. The summed E-state index contributed by atoms with van der Waals surface area (Å²) in [5.41, 5.74) is 1.13. The number of hydrogen-bond donors (Lipinski definition) is 0. The Bertz CT molecular complexity index is 1060. The van der Waals surface area contributed by atoms with Gasteiger partial charge in [0.05, 0.1) is 38.9 Å². The van der Waals surface area contributed by atoms with Gasteiger partial charge in [0.2, 0.25) is 15.5 Å². The second-order valence-corrected chi connectivity index (χ2v) is 7.94. The normalized spacial score (nSPS) is 10.8. The first-order valence-electron chi connectivity index (χ1n) is 9.74. The summed E-state index contributed by atoms with van der Waals surface area (Å²) >= 11 is 0. The van der Waals surface area contributed by atoms with E-state index in [4.69, 9.17) is 18.6 Å². The third kappa shape index (κ3) is 5.47. The number of hydrogen-bond acceptors (Lipinski definition) is 6. The molecule has 0 aromatic heterocycles. The van der Waals surface area contributed by atoms with Crippen molar-refractivity contribution >= 4 is 15.5 Å². The molecular formula is C23H21F2NO6Si. The van der Waals surface area contributed by atoms with Gasteiger partial charge in [-0.25, -0.2) is 8.78 Å². The van der Waals surface area contributed by atoms with Crippen LogP contribution < -0.4 is 14.2 Å². The first-order valence-corrected chi connectivity index (χ1v) is 10.7. The van der Waals surface area contributed by atoms with Crippen LogP contribution in [0.25, 0.3) is 0 Å². The molecule has 0 N–H and O–H groups in total. The quantitative estimate of drug-likeness (QED) is 0.239. The van der Waals surface area contributed by atoms with Crippen LogP contribution in [0.5, 0.6) is 17.2 Å². The fourth-order valence-electron chi connectivity index (χ4n) is 3.34. The highest BCUT2D eigenvalue weighted by Gasteiger charge is 2.28. The zero-order valence-electron chi connectivity index (χ0n) is 18.1. The maximum atomic E-state index is 13.4. The van der Waals surface area contributed by atoms with Gasteiger partial charge in [0.25, 0.3) is 5.69 Å². The molecule has 3 aromatic rings. The average molecular weight is 474 g/mol. The molecule has 7 nitrogen and oxygen atoms in total. The molecule has 2 radical (unpaired) electrons. The molecule has 0 spiro atoms. The van der Waals surface area contributed by atoms with Gasteiger partial charge in [0, 0.05) is 5.54 Å². The van der Waals surface area contributed by atoms with Gasteiger partial charge in [-0.1, -0.05) is 24.3 Å². The number of halogens is 2. The lowest BCUT2D eigenvalue weighted by Gasteiger charge is -2.19. The van der Waals surface area contributed by atoms with Crippen LogP contribution in [-0.4, -0.2) is 36.0 Å². The molecule has 0 aliphatic rings. The smallest absolute Gasteiger partial charge is 0.282 e. The Hall–Kier alpha value is -3.50. The number of nitrogens with zero attached hydrogens (tertiary/aromatic N) is 1. The van der Waals surface area contributed by atoms with E-state index >= 15 is 0 Å². The van der Waals surface area contributed by atoms with Crippen LogP contribution in [0.1, 0.15) is 22.2 Å².